The predicted molar refractivity (Wildman–Crippen MR) is 78.6 cm³/mol. The summed E-state index contributed by atoms with van der Waals surface area (Å²) < 4.78 is 5.70. The van der Waals surface area contributed by atoms with Gasteiger partial charge in [-0.2, -0.15) is 0 Å². The number of ether oxygens (including phenoxy) is 1. The fourth-order valence-corrected chi connectivity index (χ4v) is 2.60. The second kappa shape index (κ2) is 6.35. The Morgan fingerprint density at radius 2 is 2.32 bits per heavy atom. The van der Waals surface area contributed by atoms with Crippen molar-refractivity contribution in [1.29, 1.82) is 0 Å². The van der Waals surface area contributed by atoms with Gasteiger partial charge in [-0.1, -0.05) is 13.0 Å². The highest BCUT2D eigenvalue weighted by Gasteiger charge is 2.27. The Bertz CT molecular complexity index is 410. The highest BCUT2D eigenvalue weighted by Crippen LogP contribution is 2.27. The maximum absolute atomic E-state index is 5.70. The summed E-state index contributed by atoms with van der Waals surface area (Å²) in [6, 6.07) is 4.88. The van der Waals surface area contributed by atoms with Gasteiger partial charge in [0, 0.05) is 24.3 Å². The zero-order chi connectivity index (χ0) is 13.8. The number of rotatable bonds is 4. The van der Waals surface area contributed by atoms with E-state index >= 15 is 0 Å². The first-order valence-corrected chi connectivity index (χ1v) is 7.20. The summed E-state index contributed by atoms with van der Waals surface area (Å²) in [5.41, 5.74) is 1.27. The van der Waals surface area contributed by atoms with Gasteiger partial charge in [0.1, 0.15) is 5.82 Å². The van der Waals surface area contributed by atoms with Crippen molar-refractivity contribution >= 4 is 5.82 Å². The lowest BCUT2D eigenvalue weighted by atomic mass is 10.1. The lowest BCUT2D eigenvalue weighted by Gasteiger charge is -2.39. The van der Waals surface area contributed by atoms with Crippen LogP contribution in [0, 0.1) is 0 Å². The summed E-state index contributed by atoms with van der Waals surface area (Å²) in [4.78, 5) is 6.99. The monoisotopic (exact) mass is 263 g/mol. The van der Waals surface area contributed by atoms with Crippen molar-refractivity contribution in [3.05, 3.63) is 23.9 Å². The molecular weight excluding hydrogens is 238 g/mol. The van der Waals surface area contributed by atoms with Crippen LogP contribution in [0.2, 0.25) is 0 Å². The van der Waals surface area contributed by atoms with Crippen molar-refractivity contribution in [3.8, 4) is 0 Å². The molecule has 3 atom stereocenters. The predicted octanol–water partition coefficient (Wildman–Crippen LogP) is 2.37. The van der Waals surface area contributed by atoms with Gasteiger partial charge in [0.05, 0.1) is 18.8 Å². The van der Waals surface area contributed by atoms with Crippen LogP contribution in [-0.4, -0.2) is 36.8 Å². The van der Waals surface area contributed by atoms with Crippen molar-refractivity contribution in [2.24, 2.45) is 0 Å². The second-order valence-corrected chi connectivity index (χ2v) is 5.34. The van der Waals surface area contributed by atoms with Crippen LogP contribution in [0.15, 0.2) is 18.3 Å². The van der Waals surface area contributed by atoms with E-state index in [1.165, 1.54) is 5.56 Å². The van der Waals surface area contributed by atoms with E-state index in [1.54, 1.807) is 0 Å². The SMILES string of the molecule is CCNC(C)c1cccnc1N1CC(C)OCC1C. The third kappa shape index (κ3) is 3.25. The minimum Gasteiger partial charge on any atom is -0.375 e. The van der Waals surface area contributed by atoms with Crippen LogP contribution >= 0.6 is 0 Å². The average Bonchev–Trinajstić information content (AvgIpc) is 2.42. The van der Waals surface area contributed by atoms with E-state index < -0.39 is 0 Å². The number of nitrogens with one attached hydrogen (secondary N) is 1. The van der Waals surface area contributed by atoms with Crippen LogP contribution in [-0.2, 0) is 4.74 Å². The van der Waals surface area contributed by atoms with E-state index in [9.17, 15) is 0 Å². The van der Waals surface area contributed by atoms with Crippen LogP contribution in [0.3, 0.4) is 0 Å². The summed E-state index contributed by atoms with van der Waals surface area (Å²) in [5, 5.41) is 3.47. The number of morpholine rings is 1. The fraction of sp³-hybridized carbons (Fsp3) is 0.667. The van der Waals surface area contributed by atoms with E-state index in [4.69, 9.17) is 4.74 Å². The molecule has 0 spiro atoms. The van der Waals surface area contributed by atoms with Gasteiger partial charge in [0.25, 0.3) is 0 Å². The Morgan fingerprint density at radius 1 is 1.53 bits per heavy atom. The summed E-state index contributed by atoms with van der Waals surface area (Å²) >= 11 is 0. The smallest absolute Gasteiger partial charge is 0.133 e. The Labute approximate surface area is 116 Å². The van der Waals surface area contributed by atoms with Gasteiger partial charge in [-0.3, -0.25) is 0 Å². The minimum atomic E-state index is 0.264. The Morgan fingerprint density at radius 3 is 3.05 bits per heavy atom. The topological polar surface area (TPSA) is 37.4 Å². The molecule has 1 saturated heterocycles. The maximum atomic E-state index is 5.70. The molecule has 1 aromatic heterocycles. The summed E-state index contributed by atoms with van der Waals surface area (Å²) in [6.07, 6.45) is 2.14. The van der Waals surface area contributed by atoms with Crippen molar-refractivity contribution in [2.75, 3.05) is 24.6 Å². The van der Waals surface area contributed by atoms with Crippen LogP contribution in [0.4, 0.5) is 5.82 Å². The minimum absolute atomic E-state index is 0.264. The third-order valence-corrected chi connectivity index (χ3v) is 3.67. The quantitative estimate of drug-likeness (QED) is 0.905. The van der Waals surface area contributed by atoms with Crippen molar-refractivity contribution in [1.82, 2.24) is 10.3 Å². The molecule has 1 aromatic rings. The number of nitrogens with zero attached hydrogens (tertiary/aromatic N) is 2. The van der Waals surface area contributed by atoms with Crippen molar-refractivity contribution in [3.63, 3.8) is 0 Å². The first kappa shape index (κ1) is 14.3. The van der Waals surface area contributed by atoms with E-state index in [2.05, 4.69) is 49.0 Å². The lowest BCUT2D eigenvalue weighted by Crippen LogP contribution is -2.48. The molecule has 3 unspecified atom stereocenters. The molecule has 1 aliphatic heterocycles. The molecule has 0 amide bonds. The Balaban J connectivity index is 2.27. The van der Waals surface area contributed by atoms with E-state index in [1.807, 2.05) is 12.3 Å². The molecule has 1 N–H and O–H groups in total. The number of anilines is 1. The van der Waals surface area contributed by atoms with Gasteiger partial charge in [-0.05, 0) is 33.4 Å². The molecule has 0 bridgehead atoms. The third-order valence-electron chi connectivity index (χ3n) is 3.67. The van der Waals surface area contributed by atoms with E-state index in [-0.39, 0.29) is 6.10 Å². The van der Waals surface area contributed by atoms with Gasteiger partial charge in [0.2, 0.25) is 0 Å². The van der Waals surface area contributed by atoms with Crippen LogP contribution < -0.4 is 10.2 Å². The number of hydrogen-bond acceptors (Lipinski definition) is 4. The largest absolute Gasteiger partial charge is 0.375 e. The lowest BCUT2D eigenvalue weighted by molar-refractivity contribution is 0.0339. The molecule has 19 heavy (non-hydrogen) atoms. The van der Waals surface area contributed by atoms with Crippen LogP contribution in [0.5, 0.6) is 0 Å². The number of hydrogen-bond donors (Lipinski definition) is 1. The first-order valence-electron chi connectivity index (χ1n) is 7.20. The van der Waals surface area contributed by atoms with Crippen LogP contribution in [0.25, 0.3) is 0 Å². The molecule has 0 aromatic carbocycles. The Hall–Kier alpha value is -1.13. The summed E-state index contributed by atoms with van der Waals surface area (Å²) in [5.74, 6) is 1.10. The van der Waals surface area contributed by atoms with Gasteiger partial charge in [-0.25, -0.2) is 4.98 Å². The maximum Gasteiger partial charge on any atom is 0.133 e. The summed E-state index contributed by atoms with van der Waals surface area (Å²) in [6.45, 7) is 11.3. The molecular formula is C15H25N3O. The molecule has 0 saturated carbocycles. The molecule has 1 aliphatic rings. The van der Waals surface area contributed by atoms with E-state index in [0.717, 1.165) is 25.5 Å². The van der Waals surface area contributed by atoms with Gasteiger partial charge in [-0.15, -0.1) is 0 Å². The highest BCUT2D eigenvalue weighted by molar-refractivity contribution is 5.49. The second-order valence-electron chi connectivity index (χ2n) is 5.34. The standard InChI is InChI=1S/C15H25N3O/c1-5-16-13(4)14-7-6-8-17-15(14)18-9-12(3)19-10-11(18)2/h6-8,11-13,16H,5,9-10H2,1-4H3. The molecule has 1 fully saturated rings. The molecule has 2 rings (SSSR count). The molecule has 4 heteroatoms. The van der Waals surface area contributed by atoms with Crippen molar-refractivity contribution < 1.29 is 4.74 Å². The average molecular weight is 263 g/mol. The van der Waals surface area contributed by atoms with Crippen LogP contribution in [0.1, 0.15) is 39.3 Å². The highest BCUT2D eigenvalue weighted by atomic mass is 16.5. The number of aromatic nitrogens is 1. The van der Waals surface area contributed by atoms with Crippen molar-refractivity contribution in [2.45, 2.75) is 45.9 Å². The number of pyridine rings is 1. The molecule has 106 valence electrons. The van der Waals surface area contributed by atoms with Gasteiger partial charge in [0.15, 0.2) is 0 Å². The molecule has 2 heterocycles. The first-order chi connectivity index (χ1) is 9.13. The molecule has 4 nitrogen and oxygen atoms in total. The Kier molecular flexibility index (Phi) is 4.77. The molecule has 0 aliphatic carbocycles. The van der Waals surface area contributed by atoms with Gasteiger partial charge >= 0.3 is 0 Å². The summed E-state index contributed by atoms with van der Waals surface area (Å²) in [7, 11) is 0. The van der Waals surface area contributed by atoms with Gasteiger partial charge < -0.3 is 15.0 Å². The molecule has 0 radical (unpaired) electrons. The fourth-order valence-electron chi connectivity index (χ4n) is 2.60. The zero-order valence-electron chi connectivity index (χ0n) is 12.4. The zero-order valence-corrected chi connectivity index (χ0v) is 12.4. The normalized spacial score (nSPS) is 25.4. The van der Waals surface area contributed by atoms with E-state index in [0.29, 0.717) is 12.1 Å².